The van der Waals surface area contributed by atoms with Crippen LogP contribution in [0.2, 0.25) is 10.0 Å². The highest BCUT2D eigenvalue weighted by Gasteiger charge is 2.42. The van der Waals surface area contributed by atoms with Gasteiger partial charge in [0, 0.05) is 34.0 Å². The minimum Gasteiger partial charge on any atom is -0.495 e. The van der Waals surface area contributed by atoms with Gasteiger partial charge in [0.1, 0.15) is 5.75 Å². The number of aromatic nitrogens is 2. The number of hydrogen-bond donors (Lipinski definition) is 1. The predicted molar refractivity (Wildman–Crippen MR) is 146 cm³/mol. The molecule has 1 aliphatic rings. The molecule has 0 saturated carbocycles. The summed E-state index contributed by atoms with van der Waals surface area (Å²) in [6.07, 6.45) is 1.81. The first-order valence-corrected chi connectivity index (χ1v) is 12.3. The molecule has 0 spiro atoms. The van der Waals surface area contributed by atoms with E-state index in [0.29, 0.717) is 20.9 Å². The summed E-state index contributed by atoms with van der Waals surface area (Å²) in [5.74, 6) is 0.618. The Labute approximate surface area is 220 Å². The van der Waals surface area contributed by atoms with Crippen molar-refractivity contribution in [3.05, 3.63) is 106 Å². The molecule has 2 atom stereocenters. The number of rotatable bonds is 5. The fourth-order valence-electron chi connectivity index (χ4n) is 4.83. The van der Waals surface area contributed by atoms with Crippen LogP contribution in [0.15, 0.2) is 72.9 Å². The van der Waals surface area contributed by atoms with Crippen molar-refractivity contribution in [2.24, 2.45) is 0 Å². The Morgan fingerprint density at radius 3 is 2.37 bits per heavy atom. The molecule has 1 saturated heterocycles. The van der Waals surface area contributed by atoms with Crippen LogP contribution in [0.4, 0.5) is 5.69 Å². The largest absolute Gasteiger partial charge is 0.495 e. The summed E-state index contributed by atoms with van der Waals surface area (Å²) in [4.78, 5) is 6.77. The van der Waals surface area contributed by atoms with Crippen molar-refractivity contribution in [1.29, 1.82) is 0 Å². The van der Waals surface area contributed by atoms with Crippen molar-refractivity contribution in [1.82, 2.24) is 14.9 Å². The van der Waals surface area contributed by atoms with E-state index in [9.17, 15) is 0 Å². The quantitative estimate of drug-likeness (QED) is 0.286. The average Bonchev–Trinajstić information content (AvgIpc) is 3.35. The van der Waals surface area contributed by atoms with Gasteiger partial charge in [-0.2, -0.15) is 0 Å². The molecule has 35 heavy (non-hydrogen) atoms. The van der Waals surface area contributed by atoms with Gasteiger partial charge >= 0.3 is 0 Å². The number of anilines is 1. The van der Waals surface area contributed by atoms with E-state index in [1.807, 2.05) is 60.7 Å². The number of methoxy groups -OCH3 is 1. The Morgan fingerprint density at radius 1 is 0.971 bits per heavy atom. The van der Waals surface area contributed by atoms with E-state index in [1.165, 1.54) is 0 Å². The highest BCUT2D eigenvalue weighted by molar-refractivity contribution is 7.80. The molecule has 5 nitrogen and oxygen atoms in total. The fourth-order valence-corrected chi connectivity index (χ4v) is 5.55. The molecule has 0 amide bonds. The van der Waals surface area contributed by atoms with Gasteiger partial charge in [-0.15, -0.1) is 0 Å². The number of benzene rings is 2. The molecule has 2 aromatic carbocycles. The van der Waals surface area contributed by atoms with Gasteiger partial charge in [-0.1, -0.05) is 29.3 Å². The lowest BCUT2D eigenvalue weighted by Gasteiger charge is -2.28. The van der Waals surface area contributed by atoms with Gasteiger partial charge in [-0.05, 0) is 92.3 Å². The second-order valence-electron chi connectivity index (χ2n) is 8.45. The number of halogens is 2. The molecular weight excluding hydrogens is 499 g/mol. The summed E-state index contributed by atoms with van der Waals surface area (Å²) in [6.45, 7) is 4.24. The summed E-state index contributed by atoms with van der Waals surface area (Å²) >= 11 is 18.5. The Balaban J connectivity index is 1.67. The number of pyridine rings is 1. The molecule has 1 aliphatic heterocycles. The second-order valence-corrected chi connectivity index (χ2v) is 9.68. The van der Waals surface area contributed by atoms with Crippen molar-refractivity contribution >= 4 is 46.2 Å². The smallest absolute Gasteiger partial charge is 0.174 e. The molecule has 178 valence electrons. The van der Waals surface area contributed by atoms with Crippen molar-refractivity contribution in [3.8, 4) is 11.4 Å². The zero-order valence-corrected chi connectivity index (χ0v) is 21.8. The van der Waals surface area contributed by atoms with Crippen LogP contribution in [0, 0.1) is 13.8 Å². The number of ether oxygens (including phenoxy) is 1. The molecular formula is C27H24Cl2N4OS. The van der Waals surface area contributed by atoms with Crippen LogP contribution >= 0.6 is 35.4 Å². The van der Waals surface area contributed by atoms with Gasteiger partial charge in [0.15, 0.2) is 5.11 Å². The summed E-state index contributed by atoms with van der Waals surface area (Å²) < 4.78 is 7.60. The van der Waals surface area contributed by atoms with E-state index in [4.69, 9.17) is 40.2 Å². The number of hydrogen-bond acceptors (Lipinski definition) is 3. The molecule has 3 heterocycles. The summed E-state index contributed by atoms with van der Waals surface area (Å²) in [6, 6.07) is 21.5. The van der Waals surface area contributed by atoms with Gasteiger partial charge < -0.3 is 19.5 Å². The lowest BCUT2D eigenvalue weighted by molar-refractivity contribution is 0.415. The highest BCUT2D eigenvalue weighted by Crippen LogP contribution is 2.44. The summed E-state index contributed by atoms with van der Waals surface area (Å²) in [5, 5.41) is 5.36. The van der Waals surface area contributed by atoms with E-state index in [-0.39, 0.29) is 12.1 Å². The van der Waals surface area contributed by atoms with Crippen molar-refractivity contribution in [3.63, 3.8) is 0 Å². The average molecular weight is 523 g/mol. The molecule has 4 aromatic rings. The predicted octanol–water partition coefficient (Wildman–Crippen LogP) is 6.98. The summed E-state index contributed by atoms with van der Waals surface area (Å²) in [7, 11) is 1.61. The van der Waals surface area contributed by atoms with Crippen LogP contribution in [0.25, 0.3) is 5.69 Å². The number of aryl methyl sites for hydroxylation is 1. The van der Waals surface area contributed by atoms with Gasteiger partial charge in [0.2, 0.25) is 0 Å². The van der Waals surface area contributed by atoms with Crippen LogP contribution in [0.5, 0.6) is 5.75 Å². The van der Waals surface area contributed by atoms with E-state index in [2.05, 4.69) is 39.7 Å². The van der Waals surface area contributed by atoms with Crippen molar-refractivity contribution in [2.75, 3.05) is 12.0 Å². The maximum absolute atomic E-state index is 6.51. The third-order valence-corrected chi connectivity index (χ3v) is 7.25. The van der Waals surface area contributed by atoms with Gasteiger partial charge in [0.25, 0.3) is 0 Å². The zero-order valence-electron chi connectivity index (χ0n) is 19.5. The first-order chi connectivity index (χ1) is 16.9. The SMILES string of the molecule is COc1ccc(N2C(=S)NC(c3ccccn3)C2c2cc(C)n(-c3ccc(Cl)cc3)c2C)cc1Cl. The zero-order chi connectivity index (χ0) is 24.7. The Kier molecular flexibility index (Phi) is 6.45. The molecule has 0 aliphatic carbocycles. The van der Waals surface area contributed by atoms with Crippen molar-refractivity contribution < 1.29 is 4.74 Å². The van der Waals surface area contributed by atoms with Crippen LogP contribution in [-0.4, -0.2) is 21.8 Å². The van der Waals surface area contributed by atoms with Crippen molar-refractivity contribution in [2.45, 2.75) is 25.9 Å². The van der Waals surface area contributed by atoms with E-state index in [0.717, 1.165) is 34.0 Å². The van der Waals surface area contributed by atoms with Gasteiger partial charge in [-0.25, -0.2) is 0 Å². The minimum absolute atomic E-state index is 0.144. The Hall–Kier alpha value is -3.06. The molecule has 8 heteroatoms. The monoisotopic (exact) mass is 522 g/mol. The van der Waals surface area contributed by atoms with Crippen LogP contribution in [0.1, 0.15) is 34.7 Å². The maximum Gasteiger partial charge on any atom is 0.174 e. The van der Waals surface area contributed by atoms with Gasteiger partial charge in [-0.3, -0.25) is 4.98 Å². The topological polar surface area (TPSA) is 42.3 Å². The van der Waals surface area contributed by atoms with E-state index < -0.39 is 0 Å². The Morgan fingerprint density at radius 2 is 1.71 bits per heavy atom. The third-order valence-electron chi connectivity index (χ3n) is 6.39. The van der Waals surface area contributed by atoms with Crippen LogP contribution in [-0.2, 0) is 0 Å². The van der Waals surface area contributed by atoms with Crippen LogP contribution < -0.4 is 15.0 Å². The minimum atomic E-state index is -0.149. The number of thiocarbonyl (C=S) groups is 1. The normalized spacial score (nSPS) is 17.5. The van der Waals surface area contributed by atoms with E-state index >= 15 is 0 Å². The lowest BCUT2D eigenvalue weighted by Crippen LogP contribution is -2.29. The summed E-state index contributed by atoms with van der Waals surface area (Å²) in [5.41, 5.74) is 6.23. The standard InChI is InChI=1S/C27H24Cl2N4OS/c1-16-14-21(17(2)32(16)19-9-7-18(28)8-10-19)26-25(23-6-4-5-13-30-23)31-27(35)33(26)20-11-12-24(34-3)22(29)15-20/h4-15,25-26H,1-3H3,(H,31,35). The fraction of sp³-hybridized carbons (Fsp3) is 0.185. The molecule has 1 N–H and O–H groups in total. The lowest BCUT2D eigenvalue weighted by atomic mass is 9.96. The molecule has 2 aromatic heterocycles. The Bertz CT molecular complexity index is 1390. The maximum atomic E-state index is 6.51. The van der Waals surface area contributed by atoms with E-state index in [1.54, 1.807) is 13.3 Å². The van der Waals surface area contributed by atoms with Crippen LogP contribution in [0.3, 0.4) is 0 Å². The first-order valence-electron chi connectivity index (χ1n) is 11.2. The number of nitrogens with one attached hydrogen (secondary N) is 1. The molecule has 1 fully saturated rings. The number of nitrogens with zero attached hydrogens (tertiary/aromatic N) is 3. The molecule has 0 radical (unpaired) electrons. The first kappa shape index (κ1) is 23.7. The molecule has 2 unspecified atom stereocenters. The highest BCUT2D eigenvalue weighted by atomic mass is 35.5. The third kappa shape index (κ3) is 4.27. The van der Waals surface area contributed by atoms with Gasteiger partial charge in [0.05, 0.1) is 29.9 Å². The molecule has 5 rings (SSSR count). The second kappa shape index (κ2) is 9.53. The molecule has 0 bridgehead atoms.